The minimum Gasteiger partial charge on any atom is -0.493 e. The zero-order chi connectivity index (χ0) is 30.4. The van der Waals surface area contributed by atoms with Crippen LogP contribution in [-0.2, 0) is 9.59 Å². The average molecular weight is 578 g/mol. The van der Waals surface area contributed by atoms with Gasteiger partial charge in [0.15, 0.2) is 11.5 Å². The van der Waals surface area contributed by atoms with Gasteiger partial charge in [0.1, 0.15) is 6.23 Å². The highest BCUT2D eigenvalue weighted by Crippen LogP contribution is 2.40. The number of likely N-dealkylation sites (tertiary alicyclic amines) is 2. The lowest BCUT2D eigenvalue weighted by molar-refractivity contribution is -0.870. The fourth-order valence-corrected chi connectivity index (χ4v) is 5.80. The summed E-state index contributed by atoms with van der Waals surface area (Å²) in [5, 5.41) is 12.8. The molecule has 2 aliphatic rings. The summed E-state index contributed by atoms with van der Waals surface area (Å²) in [6, 6.07) is 4.81. The first-order valence-electron chi connectivity index (χ1n) is 15.5. The molecule has 9 heteroatoms. The van der Waals surface area contributed by atoms with E-state index in [1.165, 1.54) is 24.9 Å². The number of unbranched alkanes of at least 4 members (excludes halogenated alkanes) is 2. The fourth-order valence-electron chi connectivity index (χ4n) is 5.80. The van der Waals surface area contributed by atoms with Crippen LogP contribution in [0.1, 0.15) is 82.3 Å². The molecule has 3 rings (SSSR count). The molecule has 2 N–H and O–H groups in total. The molecule has 0 bridgehead atoms. The second kappa shape index (κ2) is 17.6. The highest BCUT2D eigenvalue weighted by Gasteiger charge is 2.35. The van der Waals surface area contributed by atoms with Crippen LogP contribution in [0.3, 0.4) is 0 Å². The molecule has 2 aliphatic heterocycles. The number of carbonyl (C=O) groups is 2. The molecule has 2 saturated heterocycles. The molecule has 0 aliphatic carbocycles. The van der Waals surface area contributed by atoms with E-state index in [-0.39, 0.29) is 5.91 Å². The summed E-state index contributed by atoms with van der Waals surface area (Å²) < 4.78 is 12.5. The van der Waals surface area contributed by atoms with Gasteiger partial charge in [-0.2, -0.15) is 0 Å². The number of hydrogen-bond donors (Lipinski definition) is 2. The number of amides is 2. The lowest BCUT2D eigenvalue weighted by atomic mass is 9.93. The van der Waals surface area contributed by atoms with E-state index in [4.69, 9.17) is 9.47 Å². The van der Waals surface area contributed by atoms with E-state index in [0.717, 1.165) is 73.3 Å². The maximum absolute atomic E-state index is 12.2. The normalized spacial score (nSPS) is 21.0. The predicted molar refractivity (Wildman–Crippen MR) is 164 cm³/mol. The van der Waals surface area contributed by atoms with Crippen molar-refractivity contribution in [3.63, 3.8) is 0 Å². The molecule has 2 heterocycles. The zero-order valence-corrected chi connectivity index (χ0v) is 26.8. The van der Waals surface area contributed by atoms with Gasteiger partial charge in [-0.3, -0.25) is 14.5 Å². The molecule has 0 spiro atoms. The van der Waals surface area contributed by atoms with E-state index in [2.05, 4.69) is 57.3 Å². The number of methoxy groups -OCH3 is 1. The third-order valence-electron chi connectivity index (χ3n) is 8.05. The van der Waals surface area contributed by atoms with Crippen molar-refractivity contribution in [1.82, 2.24) is 15.1 Å². The number of ether oxygens (including phenoxy) is 2. The number of quaternary nitrogens is 1. The van der Waals surface area contributed by atoms with Crippen molar-refractivity contribution in [3.8, 4) is 11.5 Å². The van der Waals surface area contributed by atoms with Crippen molar-refractivity contribution in [2.75, 3.05) is 67.6 Å². The third kappa shape index (κ3) is 11.4. The Morgan fingerprint density at radius 1 is 1.15 bits per heavy atom. The first-order valence-corrected chi connectivity index (χ1v) is 15.5. The number of nitrogens with one attached hydrogen (secondary N) is 1. The van der Waals surface area contributed by atoms with Crippen LogP contribution in [0.25, 0.3) is 0 Å². The van der Waals surface area contributed by atoms with E-state index in [1.807, 2.05) is 6.92 Å². The number of aliphatic hydroxyl groups excluding tert-OH is 1. The molecule has 0 radical (unpaired) electrons. The Morgan fingerprint density at radius 3 is 2.49 bits per heavy atom. The summed E-state index contributed by atoms with van der Waals surface area (Å²) in [6.45, 7) is 11.5. The fraction of sp³-hybridized carbons (Fsp3) is 0.750. The van der Waals surface area contributed by atoms with Gasteiger partial charge in [-0.05, 0) is 75.6 Å². The lowest BCUT2D eigenvalue weighted by Crippen LogP contribution is -2.39. The third-order valence-corrected chi connectivity index (χ3v) is 8.05. The van der Waals surface area contributed by atoms with E-state index in [0.29, 0.717) is 38.0 Å². The minimum absolute atomic E-state index is 0.0865. The average Bonchev–Trinajstić information content (AvgIpc) is 3.48. The Balaban J connectivity index is 0.000000745. The molecule has 0 saturated carbocycles. The molecule has 41 heavy (non-hydrogen) atoms. The van der Waals surface area contributed by atoms with Crippen LogP contribution >= 0.6 is 0 Å². The van der Waals surface area contributed by atoms with Crippen LogP contribution in [0.15, 0.2) is 12.1 Å². The molecule has 9 nitrogen and oxygen atoms in total. The Bertz CT molecular complexity index is 935. The standard InChI is InChI=1S/C27H46N3O4.C5H11NO/c1-7-34-27-20(2)16-21(18-24(27)33-6)22-17-23(12-14-29-25(31)10-11-26(29)32)28(19-22)13-8-9-15-30(3,4)5;1-2-3-4-6-5-7/h16,18,22-23,25,31H,7-15,17,19H2,1-6H3;5H,2-4H2,1H3,(H,6,7)/q+1;/t22?,23-,25?;/m0./s1. The number of carbonyl (C=O) groups excluding carboxylic acids is 2. The second-order valence-corrected chi connectivity index (χ2v) is 12.4. The highest BCUT2D eigenvalue weighted by molar-refractivity contribution is 5.78. The Labute approximate surface area is 248 Å². The van der Waals surface area contributed by atoms with Gasteiger partial charge in [-0.1, -0.05) is 19.4 Å². The Morgan fingerprint density at radius 2 is 1.90 bits per heavy atom. The maximum Gasteiger partial charge on any atom is 0.224 e. The molecule has 1 aromatic rings. The van der Waals surface area contributed by atoms with Crippen molar-refractivity contribution < 1.29 is 28.7 Å². The summed E-state index contributed by atoms with van der Waals surface area (Å²) in [4.78, 5) is 26.0. The number of rotatable bonds is 16. The van der Waals surface area contributed by atoms with Crippen LogP contribution in [-0.4, -0.2) is 112 Å². The summed E-state index contributed by atoms with van der Waals surface area (Å²) in [5.41, 5.74) is 2.41. The van der Waals surface area contributed by atoms with Crippen molar-refractivity contribution >= 4 is 12.3 Å². The summed E-state index contributed by atoms with van der Waals surface area (Å²) >= 11 is 0. The zero-order valence-electron chi connectivity index (χ0n) is 26.8. The molecule has 3 atom stereocenters. The molecule has 2 amide bonds. The summed E-state index contributed by atoms with van der Waals surface area (Å²) in [7, 11) is 8.44. The van der Waals surface area contributed by atoms with E-state index >= 15 is 0 Å². The number of aryl methyl sites for hydroxylation is 1. The maximum atomic E-state index is 12.2. The smallest absolute Gasteiger partial charge is 0.224 e. The van der Waals surface area contributed by atoms with Gasteiger partial charge in [0.2, 0.25) is 12.3 Å². The minimum atomic E-state index is -0.610. The number of benzene rings is 1. The van der Waals surface area contributed by atoms with Gasteiger partial charge >= 0.3 is 0 Å². The number of nitrogens with zero attached hydrogens (tertiary/aromatic N) is 3. The van der Waals surface area contributed by atoms with Crippen LogP contribution < -0.4 is 14.8 Å². The van der Waals surface area contributed by atoms with Crippen LogP contribution in [0.5, 0.6) is 11.5 Å². The van der Waals surface area contributed by atoms with E-state index < -0.39 is 6.23 Å². The quantitative estimate of drug-likeness (QED) is 0.176. The monoisotopic (exact) mass is 577 g/mol. The first kappa shape index (κ1) is 34.8. The van der Waals surface area contributed by atoms with Crippen molar-refractivity contribution in [2.45, 2.75) is 90.3 Å². The molecular formula is C32H57N4O5+. The summed E-state index contributed by atoms with van der Waals surface area (Å²) in [5.74, 6) is 2.15. The molecule has 2 unspecified atom stereocenters. The molecular weight excluding hydrogens is 520 g/mol. The van der Waals surface area contributed by atoms with Crippen LogP contribution in [0.2, 0.25) is 0 Å². The number of hydrogen-bond acceptors (Lipinski definition) is 6. The van der Waals surface area contributed by atoms with Gasteiger partial charge in [0, 0.05) is 38.5 Å². The predicted octanol–water partition coefficient (Wildman–Crippen LogP) is 3.91. The molecule has 2 fully saturated rings. The molecule has 234 valence electrons. The van der Waals surface area contributed by atoms with Crippen molar-refractivity contribution in [3.05, 3.63) is 23.3 Å². The van der Waals surface area contributed by atoms with Gasteiger partial charge in [-0.15, -0.1) is 0 Å². The largest absolute Gasteiger partial charge is 0.493 e. The van der Waals surface area contributed by atoms with Crippen LogP contribution in [0, 0.1) is 6.92 Å². The Kier molecular flexibility index (Phi) is 14.9. The van der Waals surface area contributed by atoms with Gasteiger partial charge < -0.3 is 29.3 Å². The van der Waals surface area contributed by atoms with Crippen molar-refractivity contribution in [1.29, 1.82) is 0 Å². The highest BCUT2D eigenvalue weighted by atomic mass is 16.5. The summed E-state index contributed by atoms with van der Waals surface area (Å²) in [6.07, 6.45) is 7.72. The van der Waals surface area contributed by atoms with Crippen LogP contribution in [0.4, 0.5) is 0 Å². The van der Waals surface area contributed by atoms with E-state index in [9.17, 15) is 14.7 Å². The van der Waals surface area contributed by atoms with Gasteiger partial charge in [0.05, 0.1) is 41.4 Å². The van der Waals surface area contributed by atoms with Gasteiger partial charge in [-0.25, -0.2) is 0 Å². The van der Waals surface area contributed by atoms with Crippen molar-refractivity contribution in [2.24, 2.45) is 0 Å². The SMILES string of the molecule is CCCCNC=O.CCOc1c(C)cc(C2C[C@H](CCN3C(=O)CCC3O)N(CCCC[N+](C)(C)C)C2)cc1OC. The lowest BCUT2D eigenvalue weighted by Gasteiger charge is -2.28. The van der Waals surface area contributed by atoms with E-state index in [1.54, 1.807) is 12.0 Å². The second-order valence-electron chi connectivity index (χ2n) is 12.4. The number of aliphatic hydroxyl groups is 1. The Hall–Kier alpha value is -2.36. The van der Waals surface area contributed by atoms with Gasteiger partial charge in [0.25, 0.3) is 0 Å². The molecule has 1 aromatic carbocycles. The topological polar surface area (TPSA) is 91.3 Å². The molecule has 0 aromatic heterocycles. The first-order chi connectivity index (χ1) is 19.5.